The molecule has 3 heterocycles. The molecule has 0 fully saturated rings. The Balaban J connectivity index is 1.54. The molecule has 0 spiro atoms. The summed E-state index contributed by atoms with van der Waals surface area (Å²) in [6.07, 6.45) is 4.39. The Morgan fingerprint density at radius 2 is 1.96 bits per heavy atom. The molecule has 0 bridgehead atoms. The number of benzene rings is 2. The number of hydrogen-bond donors (Lipinski definition) is 0. The molecule has 2 aromatic carbocycles. The molecule has 1 aliphatic rings. The molecule has 4 aromatic rings. The summed E-state index contributed by atoms with van der Waals surface area (Å²) in [6, 6.07) is 16.0. The van der Waals surface area contributed by atoms with Gasteiger partial charge in [-0.2, -0.15) is 5.10 Å². The van der Waals surface area contributed by atoms with Crippen LogP contribution in [0.15, 0.2) is 65.7 Å². The molecular formula is C21H16BrN5O. The Hall–Kier alpha value is -3.06. The zero-order chi connectivity index (χ0) is 19.1. The topological polar surface area (TPSA) is 65.6 Å². The third-order valence-corrected chi connectivity index (χ3v) is 5.48. The first kappa shape index (κ1) is 17.1. The first-order chi connectivity index (χ1) is 13.7. The summed E-state index contributed by atoms with van der Waals surface area (Å²) in [5.41, 5.74) is 4.39. The monoisotopic (exact) mass is 433 g/mol. The van der Waals surface area contributed by atoms with Crippen LogP contribution in [0.25, 0.3) is 17.1 Å². The van der Waals surface area contributed by atoms with E-state index in [1.165, 1.54) is 0 Å². The van der Waals surface area contributed by atoms with E-state index >= 15 is 0 Å². The summed E-state index contributed by atoms with van der Waals surface area (Å²) in [5.74, 6) is 0.822. The average molecular weight is 434 g/mol. The fourth-order valence-electron chi connectivity index (χ4n) is 3.61. The number of rotatable bonds is 4. The maximum atomic E-state index is 13.0. The molecule has 0 N–H and O–H groups in total. The molecule has 0 saturated heterocycles. The minimum absolute atomic E-state index is 0.0415. The number of imidazole rings is 1. The minimum atomic E-state index is 0.0415. The van der Waals surface area contributed by atoms with Crippen molar-refractivity contribution in [2.75, 3.05) is 0 Å². The molecule has 6 nitrogen and oxygen atoms in total. The molecule has 138 valence electrons. The number of aryl methyl sites for hydroxylation is 1. The lowest BCUT2D eigenvalue weighted by Gasteiger charge is -2.09. The van der Waals surface area contributed by atoms with Crippen molar-refractivity contribution in [1.82, 2.24) is 24.3 Å². The Morgan fingerprint density at radius 1 is 1.11 bits per heavy atom. The number of Topliss-reactive ketones (excluding diaryl/α,β-unsaturated/α-hetero) is 1. The van der Waals surface area contributed by atoms with Gasteiger partial charge >= 0.3 is 0 Å². The SMILES string of the molecule is O=C(CCc1ccccc1)c1ncn2c1Cn1ncnc1-c1cc(Br)ccc1-2. The summed E-state index contributed by atoms with van der Waals surface area (Å²) in [4.78, 5) is 21.8. The highest BCUT2D eigenvalue weighted by Gasteiger charge is 2.26. The number of fused-ring (bicyclic) bond motifs is 5. The number of aromatic nitrogens is 5. The Kier molecular flexibility index (Phi) is 4.16. The molecule has 7 heteroatoms. The van der Waals surface area contributed by atoms with Crippen LogP contribution >= 0.6 is 15.9 Å². The number of nitrogens with zero attached hydrogens (tertiary/aromatic N) is 5. The molecule has 0 saturated carbocycles. The molecule has 0 amide bonds. The second-order valence-electron chi connectivity index (χ2n) is 6.72. The van der Waals surface area contributed by atoms with E-state index < -0.39 is 0 Å². The quantitative estimate of drug-likeness (QED) is 0.400. The van der Waals surface area contributed by atoms with Crippen molar-refractivity contribution in [1.29, 1.82) is 0 Å². The number of ketones is 1. The van der Waals surface area contributed by atoms with Crippen molar-refractivity contribution in [3.8, 4) is 17.1 Å². The summed E-state index contributed by atoms with van der Waals surface area (Å²) in [5, 5.41) is 4.36. The maximum Gasteiger partial charge on any atom is 0.183 e. The predicted molar refractivity (Wildman–Crippen MR) is 108 cm³/mol. The van der Waals surface area contributed by atoms with Gasteiger partial charge in [-0.3, -0.25) is 9.36 Å². The third kappa shape index (κ3) is 2.88. The third-order valence-electron chi connectivity index (χ3n) is 4.99. The first-order valence-electron chi connectivity index (χ1n) is 9.02. The highest BCUT2D eigenvalue weighted by atomic mass is 79.9. The Bertz CT molecular complexity index is 1180. The normalized spacial score (nSPS) is 12.0. The zero-order valence-electron chi connectivity index (χ0n) is 14.9. The van der Waals surface area contributed by atoms with E-state index in [1.54, 1.807) is 12.7 Å². The molecule has 0 aliphatic carbocycles. The summed E-state index contributed by atoms with van der Waals surface area (Å²) >= 11 is 3.53. The van der Waals surface area contributed by atoms with Crippen LogP contribution in [0, 0.1) is 0 Å². The minimum Gasteiger partial charge on any atom is -0.300 e. The van der Waals surface area contributed by atoms with Crippen molar-refractivity contribution in [3.05, 3.63) is 82.6 Å². The van der Waals surface area contributed by atoms with Gasteiger partial charge < -0.3 is 0 Å². The molecule has 0 atom stereocenters. The van der Waals surface area contributed by atoms with Crippen LogP contribution < -0.4 is 0 Å². The van der Waals surface area contributed by atoms with Gasteiger partial charge in [0.15, 0.2) is 11.6 Å². The largest absolute Gasteiger partial charge is 0.300 e. The van der Waals surface area contributed by atoms with Crippen molar-refractivity contribution < 1.29 is 4.79 Å². The number of carbonyl (C=O) groups is 1. The van der Waals surface area contributed by atoms with E-state index in [0.29, 0.717) is 25.1 Å². The van der Waals surface area contributed by atoms with Crippen LogP contribution in [0.5, 0.6) is 0 Å². The van der Waals surface area contributed by atoms with Gasteiger partial charge in [-0.25, -0.2) is 14.6 Å². The van der Waals surface area contributed by atoms with Crippen LogP contribution in [0.4, 0.5) is 0 Å². The van der Waals surface area contributed by atoms with Gasteiger partial charge in [-0.1, -0.05) is 46.3 Å². The van der Waals surface area contributed by atoms with E-state index in [2.05, 4.69) is 31.0 Å². The Labute approximate surface area is 170 Å². The lowest BCUT2D eigenvalue weighted by Crippen LogP contribution is -2.11. The van der Waals surface area contributed by atoms with Crippen LogP contribution in [-0.2, 0) is 13.0 Å². The van der Waals surface area contributed by atoms with Gasteiger partial charge in [0.1, 0.15) is 18.3 Å². The highest BCUT2D eigenvalue weighted by molar-refractivity contribution is 9.10. The lowest BCUT2D eigenvalue weighted by molar-refractivity contribution is 0.0977. The Morgan fingerprint density at radius 3 is 2.82 bits per heavy atom. The van der Waals surface area contributed by atoms with E-state index in [9.17, 15) is 4.79 Å². The number of halogens is 1. The van der Waals surface area contributed by atoms with Crippen LogP contribution in [0.2, 0.25) is 0 Å². The van der Waals surface area contributed by atoms with E-state index in [4.69, 9.17) is 0 Å². The van der Waals surface area contributed by atoms with Crippen LogP contribution in [-0.4, -0.2) is 30.1 Å². The van der Waals surface area contributed by atoms with Gasteiger partial charge in [0, 0.05) is 16.5 Å². The summed E-state index contributed by atoms with van der Waals surface area (Å²) in [7, 11) is 0. The van der Waals surface area contributed by atoms with E-state index in [1.807, 2.05) is 57.8 Å². The zero-order valence-corrected chi connectivity index (χ0v) is 16.5. The van der Waals surface area contributed by atoms with Crippen molar-refractivity contribution in [3.63, 3.8) is 0 Å². The molecule has 5 rings (SSSR count). The van der Waals surface area contributed by atoms with Gasteiger partial charge in [-0.15, -0.1) is 0 Å². The van der Waals surface area contributed by atoms with Crippen LogP contribution in [0.1, 0.15) is 28.2 Å². The molecule has 1 aliphatic heterocycles. The maximum absolute atomic E-state index is 13.0. The summed E-state index contributed by atoms with van der Waals surface area (Å²) in [6.45, 7) is 0.452. The van der Waals surface area contributed by atoms with Crippen molar-refractivity contribution in [2.45, 2.75) is 19.4 Å². The van der Waals surface area contributed by atoms with Gasteiger partial charge in [0.05, 0.1) is 17.9 Å². The smallest absolute Gasteiger partial charge is 0.183 e. The fourth-order valence-corrected chi connectivity index (χ4v) is 3.98. The van der Waals surface area contributed by atoms with Crippen molar-refractivity contribution in [2.24, 2.45) is 0 Å². The standard InChI is InChI=1S/C21H16BrN5O/c22-15-7-8-17-16(10-15)21-23-12-25-27(21)11-18-20(24-13-26(17)18)19(28)9-6-14-4-2-1-3-5-14/h1-5,7-8,10,12-13H,6,9,11H2. The van der Waals surface area contributed by atoms with Gasteiger partial charge in [0.25, 0.3) is 0 Å². The van der Waals surface area contributed by atoms with Gasteiger partial charge in [-0.05, 0) is 30.2 Å². The fraction of sp³-hybridized carbons (Fsp3) is 0.143. The number of carbonyl (C=O) groups excluding carboxylic acids is 1. The van der Waals surface area contributed by atoms with E-state index in [0.717, 1.165) is 32.8 Å². The molecular weight excluding hydrogens is 418 g/mol. The van der Waals surface area contributed by atoms with E-state index in [-0.39, 0.29) is 5.78 Å². The molecule has 0 radical (unpaired) electrons. The first-order valence-corrected chi connectivity index (χ1v) is 9.81. The predicted octanol–water partition coefficient (Wildman–Crippen LogP) is 4.07. The van der Waals surface area contributed by atoms with Crippen LogP contribution in [0.3, 0.4) is 0 Å². The second kappa shape index (κ2) is 6.83. The second-order valence-corrected chi connectivity index (χ2v) is 7.64. The van der Waals surface area contributed by atoms with Gasteiger partial charge in [0.2, 0.25) is 0 Å². The highest BCUT2D eigenvalue weighted by Crippen LogP contribution is 2.33. The summed E-state index contributed by atoms with van der Waals surface area (Å²) < 4.78 is 4.76. The molecule has 2 aromatic heterocycles. The molecule has 0 unspecified atom stereocenters. The van der Waals surface area contributed by atoms with Crippen molar-refractivity contribution >= 4 is 21.7 Å². The lowest BCUT2D eigenvalue weighted by atomic mass is 10.1. The molecule has 28 heavy (non-hydrogen) atoms. The number of hydrogen-bond acceptors (Lipinski definition) is 4. The average Bonchev–Trinajstić information content (AvgIpc) is 3.32.